The molecule has 0 amide bonds. The van der Waals surface area contributed by atoms with Crippen molar-refractivity contribution in [2.24, 2.45) is 4.99 Å². The minimum absolute atomic E-state index is 0. The Labute approximate surface area is 314 Å². The molecule has 1 aliphatic heterocycles. The number of rotatable bonds is 4. The summed E-state index contributed by atoms with van der Waals surface area (Å²) < 4.78 is 15.2. The summed E-state index contributed by atoms with van der Waals surface area (Å²) in [6.45, 7) is 21.9. The summed E-state index contributed by atoms with van der Waals surface area (Å²) in [5.41, 5.74) is 8.78. The van der Waals surface area contributed by atoms with Crippen LogP contribution in [0, 0.1) is 26.0 Å². The minimum atomic E-state index is -0.499. The van der Waals surface area contributed by atoms with Gasteiger partial charge in [0.2, 0.25) is 0 Å². The molecule has 0 saturated carbocycles. The van der Waals surface area contributed by atoms with Gasteiger partial charge in [-0.15, -0.1) is 35.2 Å². The van der Waals surface area contributed by atoms with Gasteiger partial charge >= 0.3 is 21.1 Å². The Morgan fingerprint density at radius 3 is 2.35 bits per heavy atom. The van der Waals surface area contributed by atoms with Crippen LogP contribution in [0.5, 0.6) is 11.6 Å². The molecule has 4 aromatic heterocycles. The molecular formula is C43H43N5O2Pt. The molecule has 0 N–H and O–H groups in total. The van der Waals surface area contributed by atoms with E-state index in [2.05, 4.69) is 127 Å². The van der Waals surface area contributed by atoms with Crippen molar-refractivity contribution >= 4 is 27.7 Å². The summed E-state index contributed by atoms with van der Waals surface area (Å²) in [5, 5.41) is 2.13. The number of aryl methyl sites for hydroxylation is 1. The number of pyridine rings is 3. The summed E-state index contributed by atoms with van der Waals surface area (Å²) in [6, 6.07) is 23.6. The van der Waals surface area contributed by atoms with Gasteiger partial charge in [0, 0.05) is 29.5 Å². The van der Waals surface area contributed by atoms with E-state index in [0.717, 1.165) is 39.7 Å². The van der Waals surface area contributed by atoms with Gasteiger partial charge in [-0.2, -0.15) is 6.07 Å². The SMILES string of the molecule is Cc1ccc2c(c1C)C[C@]1(C)OC(c3[c-]c(Oc4[c-]c5c(cc4)c4cc(C(C)(C)C)ncc4n5-c4cc(C(C)(C)C)ccn4)ncc3)=N[C@]21C.[Pt+2]. The molecule has 5 heterocycles. The Kier molecular flexibility index (Phi) is 8.15. The van der Waals surface area contributed by atoms with E-state index in [4.69, 9.17) is 24.4 Å². The summed E-state index contributed by atoms with van der Waals surface area (Å²) in [6.07, 6.45) is 6.34. The molecule has 7 nitrogen and oxygen atoms in total. The monoisotopic (exact) mass is 856 g/mol. The van der Waals surface area contributed by atoms with Crippen molar-refractivity contribution in [3.63, 3.8) is 0 Å². The van der Waals surface area contributed by atoms with Crippen molar-refractivity contribution in [3.8, 4) is 17.4 Å². The van der Waals surface area contributed by atoms with Crippen LogP contribution in [0.2, 0.25) is 0 Å². The average Bonchev–Trinajstić information content (AvgIpc) is 3.61. The number of ether oxygens (including phenoxy) is 2. The molecule has 0 fully saturated rings. The molecule has 2 atom stereocenters. The number of benzene rings is 2. The van der Waals surface area contributed by atoms with Gasteiger partial charge < -0.3 is 14.0 Å². The zero-order valence-corrected chi connectivity index (χ0v) is 33.2. The molecular weight excluding hydrogens is 814 g/mol. The Bertz CT molecular complexity index is 2400. The Morgan fingerprint density at radius 1 is 0.843 bits per heavy atom. The normalized spacial score (nSPS) is 19.8. The molecule has 8 rings (SSSR count). The molecule has 0 unspecified atom stereocenters. The van der Waals surface area contributed by atoms with E-state index < -0.39 is 11.1 Å². The fourth-order valence-corrected chi connectivity index (χ4v) is 7.40. The van der Waals surface area contributed by atoms with Crippen LogP contribution in [-0.4, -0.2) is 31.0 Å². The van der Waals surface area contributed by atoms with E-state index in [0.29, 0.717) is 23.1 Å². The third kappa shape index (κ3) is 5.60. The molecule has 0 bridgehead atoms. The molecule has 8 heteroatoms. The predicted octanol–water partition coefficient (Wildman–Crippen LogP) is 9.58. The molecule has 262 valence electrons. The van der Waals surface area contributed by atoms with Gasteiger partial charge in [-0.3, -0.25) is 9.98 Å². The first kappa shape index (κ1) is 35.1. The summed E-state index contributed by atoms with van der Waals surface area (Å²) in [7, 11) is 0. The van der Waals surface area contributed by atoms with Crippen molar-refractivity contribution in [3.05, 3.63) is 118 Å². The number of aromatic nitrogens is 4. The van der Waals surface area contributed by atoms with Gasteiger partial charge in [0.15, 0.2) is 5.88 Å². The summed E-state index contributed by atoms with van der Waals surface area (Å²) in [5.74, 6) is 2.19. The van der Waals surface area contributed by atoms with E-state index in [9.17, 15) is 0 Å². The second-order valence-corrected chi connectivity index (χ2v) is 16.3. The van der Waals surface area contributed by atoms with Crippen LogP contribution in [-0.2, 0) is 48.6 Å². The molecule has 6 aromatic rings. The third-order valence-corrected chi connectivity index (χ3v) is 10.8. The summed E-state index contributed by atoms with van der Waals surface area (Å²) >= 11 is 0. The van der Waals surface area contributed by atoms with Gasteiger partial charge in [-0.05, 0) is 90.7 Å². The van der Waals surface area contributed by atoms with Crippen molar-refractivity contribution in [1.29, 1.82) is 0 Å². The zero-order valence-electron chi connectivity index (χ0n) is 30.9. The van der Waals surface area contributed by atoms with Gasteiger partial charge in [-0.1, -0.05) is 59.2 Å². The first-order valence-electron chi connectivity index (χ1n) is 17.3. The predicted molar refractivity (Wildman–Crippen MR) is 199 cm³/mol. The molecule has 0 radical (unpaired) electrons. The van der Waals surface area contributed by atoms with Crippen LogP contribution in [0.4, 0.5) is 0 Å². The van der Waals surface area contributed by atoms with Crippen LogP contribution in [0.1, 0.15) is 94.5 Å². The number of hydrogen-bond donors (Lipinski definition) is 0. The van der Waals surface area contributed by atoms with Crippen LogP contribution in [0.15, 0.2) is 72.1 Å². The molecule has 2 aliphatic rings. The van der Waals surface area contributed by atoms with Crippen molar-refractivity contribution in [1.82, 2.24) is 19.5 Å². The van der Waals surface area contributed by atoms with Gasteiger partial charge in [0.25, 0.3) is 0 Å². The van der Waals surface area contributed by atoms with E-state index in [1.165, 1.54) is 27.8 Å². The second-order valence-electron chi connectivity index (χ2n) is 16.3. The topological polar surface area (TPSA) is 74.4 Å². The van der Waals surface area contributed by atoms with Gasteiger partial charge in [0.1, 0.15) is 22.9 Å². The van der Waals surface area contributed by atoms with Crippen molar-refractivity contribution in [2.75, 3.05) is 0 Å². The fourth-order valence-electron chi connectivity index (χ4n) is 7.40. The van der Waals surface area contributed by atoms with Gasteiger partial charge in [0.05, 0.1) is 11.7 Å². The number of fused-ring (bicyclic) bond motifs is 6. The quantitative estimate of drug-likeness (QED) is 0.165. The standard InChI is InChI=1S/C43H43N5O2.Pt/c1-25-11-14-33-32(26(25)2)23-42(9)43(33,10)47-39(50-42)27-15-17-45-38(19-27)49-29-12-13-30-31-22-36(41(6,7)8)46-24-35(31)48(34(30)21-29)37-20-28(16-18-44-37)40(3,4)5;/h11-18,20,22,24H,23H2,1-10H3;/q-2;+2/t42-,43+;/m0./s1. The van der Waals surface area contributed by atoms with Gasteiger partial charge in [-0.25, -0.2) is 9.97 Å². The van der Waals surface area contributed by atoms with Crippen LogP contribution < -0.4 is 4.74 Å². The first-order valence-corrected chi connectivity index (χ1v) is 17.3. The number of nitrogens with zero attached hydrogens (tertiary/aromatic N) is 5. The Balaban J connectivity index is 0.00000406. The zero-order chi connectivity index (χ0) is 35.4. The molecule has 51 heavy (non-hydrogen) atoms. The fraction of sp³-hybridized carbons (Fsp3) is 0.349. The molecule has 0 saturated heterocycles. The first-order chi connectivity index (χ1) is 23.6. The smallest absolute Gasteiger partial charge is 0.526 e. The summed E-state index contributed by atoms with van der Waals surface area (Å²) in [4.78, 5) is 19.4. The van der Waals surface area contributed by atoms with Crippen molar-refractivity contribution in [2.45, 2.75) is 97.6 Å². The van der Waals surface area contributed by atoms with Crippen molar-refractivity contribution < 1.29 is 30.5 Å². The molecule has 1 aliphatic carbocycles. The number of hydrogen-bond acceptors (Lipinski definition) is 6. The van der Waals surface area contributed by atoms with E-state index in [-0.39, 0.29) is 31.9 Å². The minimum Gasteiger partial charge on any atom is -0.526 e. The Hall–Kier alpha value is -4.35. The largest absolute Gasteiger partial charge is 2.00 e. The molecule has 0 spiro atoms. The maximum absolute atomic E-state index is 6.68. The van der Waals surface area contributed by atoms with E-state index in [1.807, 2.05) is 24.5 Å². The van der Waals surface area contributed by atoms with E-state index in [1.54, 1.807) is 6.20 Å². The average molecular weight is 857 g/mol. The van der Waals surface area contributed by atoms with Crippen LogP contribution >= 0.6 is 0 Å². The Morgan fingerprint density at radius 2 is 1.61 bits per heavy atom. The van der Waals surface area contributed by atoms with E-state index >= 15 is 0 Å². The third-order valence-electron chi connectivity index (χ3n) is 10.8. The maximum atomic E-state index is 6.68. The van der Waals surface area contributed by atoms with Crippen LogP contribution in [0.25, 0.3) is 27.6 Å². The van der Waals surface area contributed by atoms with Crippen LogP contribution in [0.3, 0.4) is 0 Å². The molecule has 2 aromatic carbocycles. The number of aliphatic imine (C=N–C) groups is 1. The maximum Gasteiger partial charge on any atom is 2.00 e. The second kappa shape index (κ2) is 11.8.